The van der Waals surface area contributed by atoms with Crippen molar-refractivity contribution in [2.75, 3.05) is 12.4 Å². The fraction of sp³-hybridized carbons (Fsp3) is 0.143. The highest BCUT2D eigenvalue weighted by atomic mass is 32.2. The highest BCUT2D eigenvalue weighted by Crippen LogP contribution is 2.25. The van der Waals surface area contributed by atoms with Gasteiger partial charge in [0.25, 0.3) is 0 Å². The van der Waals surface area contributed by atoms with Crippen molar-refractivity contribution < 1.29 is 4.18 Å². The average molecular weight is 318 g/mol. The third-order valence-electron chi connectivity index (χ3n) is 3.00. The summed E-state index contributed by atoms with van der Waals surface area (Å²) in [5, 5.41) is 7.50. The first-order valence-electron chi connectivity index (χ1n) is 6.32. The Hall–Kier alpha value is -1.70. The van der Waals surface area contributed by atoms with Crippen molar-refractivity contribution in [3.05, 3.63) is 48.4 Å². The van der Waals surface area contributed by atoms with Gasteiger partial charge in [-0.15, -0.1) is 12.6 Å². The zero-order valence-electron chi connectivity index (χ0n) is 11.4. The van der Waals surface area contributed by atoms with Crippen molar-refractivity contribution in [2.45, 2.75) is 16.3 Å². The molecule has 0 unspecified atom stereocenters. The average Bonchev–Trinajstić information content (AvgIpc) is 2.97. The van der Waals surface area contributed by atoms with Crippen LogP contribution in [0.25, 0.3) is 5.65 Å². The van der Waals surface area contributed by atoms with E-state index in [0.29, 0.717) is 6.54 Å². The summed E-state index contributed by atoms with van der Waals surface area (Å²) in [6, 6.07) is 9.94. The molecule has 108 valence electrons. The Kier molecular flexibility index (Phi) is 4.33. The van der Waals surface area contributed by atoms with Crippen LogP contribution in [0.4, 0.5) is 5.69 Å². The predicted molar refractivity (Wildman–Crippen MR) is 86.9 cm³/mol. The lowest BCUT2D eigenvalue weighted by Crippen LogP contribution is -2.02. The van der Waals surface area contributed by atoms with E-state index in [1.54, 1.807) is 18.0 Å². The summed E-state index contributed by atoms with van der Waals surface area (Å²) in [7, 11) is 1.66. The van der Waals surface area contributed by atoms with Crippen LogP contribution in [0.1, 0.15) is 5.56 Å². The van der Waals surface area contributed by atoms with E-state index in [4.69, 9.17) is 4.18 Å². The summed E-state index contributed by atoms with van der Waals surface area (Å²) in [5.74, 6) is 0. The largest absolute Gasteiger partial charge is 0.378 e. The predicted octanol–water partition coefficient (Wildman–Crippen LogP) is 3.28. The number of anilines is 1. The molecule has 3 aromatic rings. The first kappa shape index (κ1) is 14.2. The van der Waals surface area contributed by atoms with Gasteiger partial charge in [-0.3, -0.25) is 0 Å². The fourth-order valence-corrected chi connectivity index (χ4v) is 2.75. The fourth-order valence-electron chi connectivity index (χ4n) is 2.03. The smallest absolute Gasteiger partial charge is 0.178 e. The van der Waals surface area contributed by atoms with Crippen molar-refractivity contribution in [1.29, 1.82) is 0 Å². The summed E-state index contributed by atoms with van der Waals surface area (Å²) < 4.78 is 6.82. The Morgan fingerprint density at radius 1 is 1.38 bits per heavy atom. The second-order valence-corrected chi connectivity index (χ2v) is 5.80. The normalized spacial score (nSPS) is 11.0. The molecule has 0 saturated heterocycles. The molecule has 0 bridgehead atoms. The third-order valence-corrected chi connectivity index (χ3v) is 4.05. The Morgan fingerprint density at radius 2 is 2.29 bits per heavy atom. The lowest BCUT2D eigenvalue weighted by atomic mass is 10.2. The van der Waals surface area contributed by atoms with Crippen LogP contribution in [-0.2, 0) is 10.7 Å². The number of aromatic nitrogens is 3. The molecule has 0 fully saturated rings. The molecule has 0 aliphatic heterocycles. The standard InChI is InChI=1S/C14H14N4OS2/c1-19-21-11-4-5-13(20)10(7-11)8-15-12-3-2-6-18-14(12)16-9-17-18/h2-7,9,15,20H,8H2,1H3. The number of pyridine rings is 1. The number of thiol groups is 1. The molecule has 0 aliphatic rings. The van der Waals surface area contributed by atoms with E-state index in [-0.39, 0.29) is 0 Å². The number of fused-ring (bicyclic) bond motifs is 1. The molecule has 3 rings (SSSR count). The number of hydrogen-bond acceptors (Lipinski definition) is 6. The number of nitrogens with zero attached hydrogens (tertiary/aromatic N) is 3. The monoisotopic (exact) mass is 318 g/mol. The lowest BCUT2D eigenvalue weighted by molar-refractivity contribution is 0.489. The highest BCUT2D eigenvalue weighted by molar-refractivity contribution is 7.94. The third kappa shape index (κ3) is 3.15. The second kappa shape index (κ2) is 6.38. The SMILES string of the molecule is COSc1ccc(S)c(CNc2cccn3ncnc23)c1. The van der Waals surface area contributed by atoms with Crippen LogP contribution in [0.5, 0.6) is 0 Å². The van der Waals surface area contributed by atoms with E-state index in [1.807, 2.05) is 30.5 Å². The minimum absolute atomic E-state index is 0.656. The van der Waals surface area contributed by atoms with Gasteiger partial charge in [0.05, 0.1) is 12.8 Å². The van der Waals surface area contributed by atoms with Gasteiger partial charge < -0.3 is 9.50 Å². The molecule has 21 heavy (non-hydrogen) atoms. The van der Waals surface area contributed by atoms with E-state index in [2.05, 4.69) is 34.1 Å². The van der Waals surface area contributed by atoms with Gasteiger partial charge in [0, 0.05) is 34.6 Å². The Balaban J connectivity index is 1.81. The van der Waals surface area contributed by atoms with Crippen LogP contribution in [0, 0.1) is 0 Å². The van der Waals surface area contributed by atoms with E-state index in [9.17, 15) is 0 Å². The minimum atomic E-state index is 0.656. The summed E-state index contributed by atoms with van der Waals surface area (Å²) in [6.07, 6.45) is 3.41. The van der Waals surface area contributed by atoms with Gasteiger partial charge in [-0.25, -0.2) is 9.50 Å². The van der Waals surface area contributed by atoms with Crippen LogP contribution in [0.3, 0.4) is 0 Å². The number of rotatable bonds is 5. The van der Waals surface area contributed by atoms with Crippen molar-refractivity contribution in [2.24, 2.45) is 0 Å². The van der Waals surface area contributed by atoms with Crippen LogP contribution < -0.4 is 5.32 Å². The minimum Gasteiger partial charge on any atom is -0.378 e. The Bertz CT molecular complexity index is 760. The van der Waals surface area contributed by atoms with Gasteiger partial charge >= 0.3 is 0 Å². The highest BCUT2D eigenvalue weighted by Gasteiger charge is 2.05. The first-order valence-corrected chi connectivity index (χ1v) is 7.51. The molecule has 1 aromatic carbocycles. The molecule has 0 saturated carbocycles. The van der Waals surface area contributed by atoms with E-state index >= 15 is 0 Å². The van der Waals surface area contributed by atoms with E-state index < -0.39 is 0 Å². The van der Waals surface area contributed by atoms with Crippen LogP contribution in [-0.4, -0.2) is 21.7 Å². The van der Waals surface area contributed by atoms with E-state index in [1.165, 1.54) is 12.0 Å². The Morgan fingerprint density at radius 3 is 3.14 bits per heavy atom. The zero-order valence-corrected chi connectivity index (χ0v) is 13.1. The molecule has 5 nitrogen and oxygen atoms in total. The second-order valence-electron chi connectivity index (χ2n) is 4.34. The van der Waals surface area contributed by atoms with Gasteiger partial charge in [-0.1, -0.05) is 0 Å². The zero-order chi connectivity index (χ0) is 14.7. The molecule has 2 heterocycles. The first-order chi connectivity index (χ1) is 10.3. The number of nitrogens with one attached hydrogen (secondary N) is 1. The molecule has 7 heteroatoms. The lowest BCUT2D eigenvalue weighted by Gasteiger charge is -2.10. The van der Waals surface area contributed by atoms with Crippen LogP contribution >= 0.6 is 24.7 Å². The van der Waals surface area contributed by atoms with Crippen molar-refractivity contribution >= 4 is 36.0 Å². The topological polar surface area (TPSA) is 51.5 Å². The molecular formula is C14H14N4OS2. The van der Waals surface area contributed by atoms with Crippen molar-refractivity contribution in [3.63, 3.8) is 0 Å². The van der Waals surface area contributed by atoms with Gasteiger partial charge in [0.1, 0.15) is 6.33 Å². The van der Waals surface area contributed by atoms with Crippen LogP contribution in [0.15, 0.2) is 52.6 Å². The van der Waals surface area contributed by atoms with Crippen molar-refractivity contribution in [3.8, 4) is 0 Å². The summed E-state index contributed by atoms with van der Waals surface area (Å²) in [4.78, 5) is 6.24. The van der Waals surface area contributed by atoms with E-state index in [0.717, 1.165) is 26.7 Å². The molecule has 0 spiro atoms. The Labute approximate surface area is 132 Å². The summed E-state index contributed by atoms with van der Waals surface area (Å²) >= 11 is 5.83. The molecule has 0 atom stereocenters. The summed E-state index contributed by atoms with van der Waals surface area (Å²) in [6.45, 7) is 0.656. The molecule has 2 aromatic heterocycles. The molecule has 0 aliphatic carbocycles. The molecule has 1 N–H and O–H groups in total. The number of benzene rings is 1. The number of hydrogen-bond donors (Lipinski definition) is 2. The summed E-state index contributed by atoms with van der Waals surface area (Å²) in [5.41, 5.74) is 2.84. The van der Waals surface area contributed by atoms with Gasteiger partial charge in [0.2, 0.25) is 0 Å². The van der Waals surface area contributed by atoms with Gasteiger partial charge in [-0.2, -0.15) is 5.10 Å². The quantitative estimate of drug-likeness (QED) is 0.558. The maximum Gasteiger partial charge on any atom is 0.178 e. The molecule has 0 radical (unpaired) electrons. The van der Waals surface area contributed by atoms with Crippen LogP contribution in [0.2, 0.25) is 0 Å². The maximum absolute atomic E-state index is 5.08. The molecular weight excluding hydrogens is 304 g/mol. The maximum atomic E-state index is 5.08. The molecule has 0 amide bonds. The van der Waals surface area contributed by atoms with Gasteiger partial charge in [0.15, 0.2) is 5.65 Å². The van der Waals surface area contributed by atoms with Crippen molar-refractivity contribution in [1.82, 2.24) is 14.6 Å². The van der Waals surface area contributed by atoms with Gasteiger partial charge in [-0.05, 0) is 35.9 Å².